The standard InChI is InChI=1S/C20H20N4O2/c1-14-9-10-15(20(26)23(2)3)13-18(14)21-19(25)17-11-12-24(22-17)16-7-5-4-6-8-16/h4-13H,1-3H3,(H,21,25). The van der Waals surface area contributed by atoms with Crippen molar-refractivity contribution in [3.05, 3.63) is 77.6 Å². The normalized spacial score (nSPS) is 10.4. The monoisotopic (exact) mass is 348 g/mol. The lowest BCUT2D eigenvalue weighted by Gasteiger charge is -2.13. The number of carbonyl (C=O) groups is 2. The van der Waals surface area contributed by atoms with Gasteiger partial charge in [-0.3, -0.25) is 9.59 Å². The molecule has 6 nitrogen and oxygen atoms in total. The van der Waals surface area contributed by atoms with E-state index in [0.717, 1.165) is 11.3 Å². The number of hydrogen-bond acceptors (Lipinski definition) is 3. The van der Waals surface area contributed by atoms with Crippen molar-refractivity contribution in [1.82, 2.24) is 14.7 Å². The minimum atomic E-state index is -0.322. The molecule has 132 valence electrons. The van der Waals surface area contributed by atoms with Crippen LogP contribution >= 0.6 is 0 Å². The quantitative estimate of drug-likeness (QED) is 0.788. The molecule has 0 radical (unpaired) electrons. The highest BCUT2D eigenvalue weighted by Gasteiger charge is 2.14. The third kappa shape index (κ3) is 3.64. The van der Waals surface area contributed by atoms with Crippen LogP contribution in [0.15, 0.2) is 60.8 Å². The average Bonchev–Trinajstić information content (AvgIpc) is 3.14. The van der Waals surface area contributed by atoms with Crippen molar-refractivity contribution in [2.45, 2.75) is 6.92 Å². The van der Waals surface area contributed by atoms with E-state index in [1.807, 2.05) is 43.3 Å². The largest absolute Gasteiger partial charge is 0.345 e. The maximum Gasteiger partial charge on any atom is 0.276 e. The molecule has 0 spiro atoms. The summed E-state index contributed by atoms with van der Waals surface area (Å²) in [4.78, 5) is 26.2. The fraction of sp³-hybridized carbons (Fsp3) is 0.150. The van der Waals surface area contributed by atoms with E-state index in [2.05, 4.69) is 10.4 Å². The second kappa shape index (κ2) is 7.23. The molecule has 0 aliphatic heterocycles. The van der Waals surface area contributed by atoms with Gasteiger partial charge in [-0.05, 0) is 42.8 Å². The summed E-state index contributed by atoms with van der Waals surface area (Å²) in [5.74, 6) is -0.439. The predicted molar refractivity (Wildman–Crippen MR) is 101 cm³/mol. The molecule has 1 N–H and O–H groups in total. The van der Waals surface area contributed by atoms with Gasteiger partial charge < -0.3 is 10.2 Å². The predicted octanol–water partition coefficient (Wildman–Crippen LogP) is 3.13. The van der Waals surface area contributed by atoms with E-state index in [1.54, 1.807) is 43.2 Å². The Hall–Kier alpha value is -3.41. The van der Waals surface area contributed by atoms with Crippen molar-refractivity contribution in [1.29, 1.82) is 0 Å². The van der Waals surface area contributed by atoms with Gasteiger partial charge in [0.25, 0.3) is 11.8 Å². The second-order valence-corrected chi connectivity index (χ2v) is 6.16. The lowest BCUT2D eigenvalue weighted by atomic mass is 10.1. The first kappa shape index (κ1) is 17.4. The van der Waals surface area contributed by atoms with E-state index in [-0.39, 0.29) is 11.8 Å². The number of benzene rings is 2. The molecule has 0 unspecified atom stereocenters. The summed E-state index contributed by atoms with van der Waals surface area (Å²) in [6.45, 7) is 1.88. The van der Waals surface area contributed by atoms with Crippen LogP contribution < -0.4 is 5.32 Å². The number of carbonyl (C=O) groups excluding carboxylic acids is 2. The molecule has 1 aromatic heterocycles. The zero-order chi connectivity index (χ0) is 18.7. The van der Waals surface area contributed by atoms with Crippen molar-refractivity contribution in [3.63, 3.8) is 0 Å². The van der Waals surface area contributed by atoms with Gasteiger partial charge in [-0.15, -0.1) is 0 Å². The Kier molecular flexibility index (Phi) is 4.84. The number of hydrogen-bond donors (Lipinski definition) is 1. The molecule has 0 fully saturated rings. The first-order chi connectivity index (χ1) is 12.5. The Morgan fingerprint density at radius 3 is 2.46 bits per heavy atom. The minimum Gasteiger partial charge on any atom is -0.345 e. The van der Waals surface area contributed by atoms with Crippen molar-refractivity contribution >= 4 is 17.5 Å². The van der Waals surface area contributed by atoms with Crippen molar-refractivity contribution < 1.29 is 9.59 Å². The molecule has 6 heteroatoms. The fourth-order valence-electron chi connectivity index (χ4n) is 2.50. The van der Waals surface area contributed by atoms with Crippen LogP contribution in [0.5, 0.6) is 0 Å². The third-order valence-corrected chi connectivity index (χ3v) is 3.98. The number of para-hydroxylation sites is 1. The van der Waals surface area contributed by atoms with Gasteiger partial charge in [0.15, 0.2) is 5.69 Å². The fourth-order valence-corrected chi connectivity index (χ4v) is 2.50. The smallest absolute Gasteiger partial charge is 0.276 e. The molecule has 2 aromatic carbocycles. The summed E-state index contributed by atoms with van der Waals surface area (Å²) in [6.07, 6.45) is 1.74. The summed E-state index contributed by atoms with van der Waals surface area (Å²) in [7, 11) is 3.38. The number of nitrogens with zero attached hydrogens (tertiary/aromatic N) is 3. The van der Waals surface area contributed by atoms with Crippen molar-refractivity contribution in [2.75, 3.05) is 19.4 Å². The zero-order valence-corrected chi connectivity index (χ0v) is 14.9. The van der Waals surface area contributed by atoms with Gasteiger partial charge in [-0.2, -0.15) is 5.10 Å². The first-order valence-electron chi connectivity index (χ1n) is 8.20. The SMILES string of the molecule is Cc1ccc(C(=O)N(C)C)cc1NC(=O)c1ccn(-c2ccccc2)n1. The zero-order valence-electron chi connectivity index (χ0n) is 14.9. The number of anilines is 1. The highest BCUT2D eigenvalue weighted by Crippen LogP contribution is 2.19. The van der Waals surface area contributed by atoms with Crippen LogP contribution in [-0.2, 0) is 0 Å². The Balaban J connectivity index is 1.81. The number of aromatic nitrogens is 2. The van der Waals surface area contributed by atoms with E-state index in [0.29, 0.717) is 16.9 Å². The number of amides is 2. The van der Waals surface area contributed by atoms with Crippen molar-refractivity contribution in [3.8, 4) is 5.69 Å². The van der Waals surface area contributed by atoms with Gasteiger partial charge in [0.2, 0.25) is 0 Å². The van der Waals surface area contributed by atoms with Gasteiger partial charge in [0.1, 0.15) is 0 Å². The summed E-state index contributed by atoms with van der Waals surface area (Å²) in [6, 6.07) is 16.5. The summed E-state index contributed by atoms with van der Waals surface area (Å²) >= 11 is 0. The van der Waals surface area contributed by atoms with Gasteiger partial charge in [-0.1, -0.05) is 24.3 Å². The summed E-state index contributed by atoms with van der Waals surface area (Å²) < 4.78 is 1.65. The highest BCUT2D eigenvalue weighted by molar-refractivity contribution is 6.04. The van der Waals surface area contributed by atoms with Gasteiger partial charge in [0, 0.05) is 31.5 Å². The highest BCUT2D eigenvalue weighted by atomic mass is 16.2. The molecule has 26 heavy (non-hydrogen) atoms. The molecule has 0 aliphatic carbocycles. The van der Waals surface area contributed by atoms with E-state index in [9.17, 15) is 9.59 Å². The number of nitrogens with one attached hydrogen (secondary N) is 1. The Morgan fingerprint density at radius 2 is 1.77 bits per heavy atom. The molecule has 0 atom stereocenters. The molecule has 0 saturated heterocycles. The summed E-state index contributed by atoms with van der Waals surface area (Å²) in [5.41, 5.74) is 3.16. The van der Waals surface area contributed by atoms with E-state index in [4.69, 9.17) is 0 Å². The summed E-state index contributed by atoms with van der Waals surface area (Å²) in [5, 5.41) is 7.16. The lowest BCUT2D eigenvalue weighted by molar-refractivity contribution is 0.0827. The van der Waals surface area contributed by atoms with Crippen LogP contribution in [0.3, 0.4) is 0 Å². The van der Waals surface area contributed by atoms with Gasteiger partial charge in [-0.25, -0.2) is 4.68 Å². The molecule has 0 saturated carbocycles. The lowest BCUT2D eigenvalue weighted by Crippen LogP contribution is -2.22. The minimum absolute atomic E-state index is 0.117. The van der Waals surface area contributed by atoms with Crippen LogP contribution in [0.4, 0.5) is 5.69 Å². The number of rotatable bonds is 4. The second-order valence-electron chi connectivity index (χ2n) is 6.16. The van der Waals surface area contributed by atoms with Gasteiger partial charge >= 0.3 is 0 Å². The average molecular weight is 348 g/mol. The van der Waals surface area contributed by atoms with Crippen LogP contribution in [-0.4, -0.2) is 40.6 Å². The molecule has 3 rings (SSSR count). The van der Waals surface area contributed by atoms with E-state index < -0.39 is 0 Å². The van der Waals surface area contributed by atoms with E-state index in [1.165, 1.54) is 4.90 Å². The molecule has 0 aliphatic rings. The molecule has 2 amide bonds. The van der Waals surface area contributed by atoms with E-state index >= 15 is 0 Å². The number of aryl methyl sites for hydroxylation is 1. The topological polar surface area (TPSA) is 67.2 Å². The molecule has 1 heterocycles. The van der Waals surface area contributed by atoms with Crippen LogP contribution in [0.1, 0.15) is 26.4 Å². The molecule has 0 bridgehead atoms. The maximum absolute atomic E-state index is 12.5. The maximum atomic E-state index is 12.5. The van der Waals surface area contributed by atoms with Gasteiger partial charge in [0.05, 0.1) is 5.69 Å². The van der Waals surface area contributed by atoms with Crippen LogP contribution in [0, 0.1) is 6.92 Å². The Labute approximate surface area is 152 Å². The van der Waals surface area contributed by atoms with Crippen LogP contribution in [0.25, 0.3) is 5.69 Å². The molecular formula is C20H20N4O2. The third-order valence-electron chi connectivity index (χ3n) is 3.98. The Bertz CT molecular complexity index is 945. The first-order valence-corrected chi connectivity index (χ1v) is 8.20. The van der Waals surface area contributed by atoms with Crippen molar-refractivity contribution in [2.24, 2.45) is 0 Å². The molecule has 3 aromatic rings. The molecular weight excluding hydrogens is 328 g/mol. The Morgan fingerprint density at radius 1 is 1.04 bits per heavy atom. The van der Waals surface area contributed by atoms with Crippen LogP contribution in [0.2, 0.25) is 0 Å².